The Balaban J connectivity index is 3.84. The Hall–Kier alpha value is -1.58. The van der Waals surface area contributed by atoms with Crippen LogP contribution in [0.3, 0.4) is 0 Å². The average Bonchev–Trinajstić information content (AvgIpc) is 2.29. The number of nitrogens with one attached hydrogen (secondary N) is 2. The first kappa shape index (κ1) is 15.4. The van der Waals surface area contributed by atoms with Crippen molar-refractivity contribution in [2.24, 2.45) is 0 Å². The van der Waals surface area contributed by atoms with Gasteiger partial charge in [-0.05, 0) is 12.8 Å². The van der Waals surface area contributed by atoms with E-state index in [2.05, 4.69) is 23.8 Å². The highest BCUT2D eigenvalue weighted by Gasteiger charge is 2.07. The fourth-order valence-corrected chi connectivity index (χ4v) is 1.29. The molecule has 0 spiro atoms. The van der Waals surface area contributed by atoms with Gasteiger partial charge in [-0.1, -0.05) is 39.8 Å². The molecule has 0 aliphatic carbocycles. The minimum absolute atomic E-state index is 0.114. The lowest BCUT2D eigenvalue weighted by atomic mass is 10.1. The molecule has 0 aromatic rings. The van der Waals surface area contributed by atoms with Crippen LogP contribution in [0.4, 0.5) is 0 Å². The number of hydrogen-bond donors (Lipinski definition) is 2. The van der Waals surface area contributed by atoms with Crippen molar-refractivity contribution in [3.63, 3.8) is 0 Å². The number of carbonyl (C=O) groups is 2. The van der Waals surface area contributed by atoms with Crippen molar-refractivity contribution in [3.05, 3.63) is 24.3 Å². The smallest absolute Gasteiger partial charge is 0.247 e. The van der Waals surface area contributed by atoms with Gasteiger partial charge in [0.2, 0.25) is 11.8 Å². The lowest BCUT2D eigenvalue weighted by Gasteiger charge is -2.09. The van der Waals surface area contributed by atoms with E-state index in [9.17, 15) is 9.59 Å². The SMILES string of the molecule is C=C(CCC)C(=O)NCNC(=O)C(=C)CCC. The molecular formula is C13H22N2O2. The zero-order valence-electron chi connectivity index (χ0n) is 10.8. The van der Waals surface area contributed by atoms with E-state index in [-0.39, 0.29) is 18.5 Å². The van der Waals surface area contributed by atoms with E-state index in [4.69, 9.17) is 0 Å². The van der Waals surface area contributed by atoms with Gasteiger partial charge in [-0.3, -0.25) is 9.59 Å². The number of hydrogen-bond acceptors (Lipinski definition) is 2. The van der Waals surface area contributed by atoms with E-state index in [1.54, 1.807) is 0 Å². The highest BCUT2D eigenvalue weighted by molar-refractivity contribution is 5.94. The fraction of sp³-hybridized carbons (Fsp3) is 0.538. The maximum atomic E-state index is 11.4. The van der Waals surface area contributed by atoms with E-state index in [1.165, 1.54) is 0 Å². The number of rotatable bonds is 8. The summed E-state index contributed by atoms with van der Waals surface area (Å²) in [6, 6.07) is 0. The van der Waals surface area contributed by atoms with Gasteiger partial charge in [0.15, 0.2) is 0 Å². The average molecular weight is 238 g/mol. The molecule has 0 aromatic carbocycles. The summed E-state index contributed by atoms with van der Waals surface area (Å²) in [5.41, 5.74) is 1.07. The lowest BCUT2D eigenvalue weighted by molar-refractivity contribution is -0.119. The van der Waals surface area contributed by atoms with Crippen molar-refractivity contribution in [3.8, 4) is 0 Å². The van der Waals surface area contributed by atoms with Crippen LogP contribution in [0.5, 0.6) is 0 Å². The fourth-order valence-electron chi connectivity index (χ4n) is 1.29. The second-order valence-electron chi connectivity index (χ2n) is 3.90. The molecule has 0 atom stereocenters. The number of carbonyl (C=O) groups excluding carboxylic acids is 2. The first-order valence-electron chi connectivity index (χ1n) is 5.94. The van der Waals surface area contributed by atoms with Crippen molar-refractivity contribution < 1.29 is 9.59 Å². The van der Waals surface area contributed by atoms with Crippen molar-refractivity contribution in [1.29, 1.82) is 0 Å². The third kappa shape index (κ3) is 6.56. The quantitative estimate of drug-likeness (QED) is 0.501. The maximum absolute atomic E-state index is 11.4. The second-order valence-corrected chi connectivity index (χ2v) is 3.90. The molecule has 2 amide bonds. The Bertz CT molecular complexity index is 279. The summed E-state index contributed by atoms with van der Waals surface area (Å²) in [5.74, 6) is -0.429. The van der Waals surface area contributed by atoms with Crippen molar-refractivity contribution >= 4 is 11.8 Å². The molecule has 0 saturated carbocycles. The predicted molar refractivity (Wildman–Crippen MR) is 69.2 cm³/mol. The van der Waals surface area contributed by atoms with Crippen LogP contribution in [0.1, 0.15) is 39.5 Å². The summed E-state index contributed by atoms with van der Waals surface area (Å²) in [6.07, 6.45) is 3.10. The van der Waals surface area contributed by atoms with Crippen LogP contribution in [0.15, 0.2) is 24.3 Å². The van der Waals surface area contributed by atoms with Crippen molar-refractivity contribution in [2.45, 2.75) is 39.5 Å². The zero-order chi connectivity index (χ0) is 13.3. The molecule has 0 heterocycles. The van der Waals surface area contributed by atoms with E-state index in [0.29, 0.717) is 24.0 Å². The summed E-state index contributed by atoms with van der Waals surface area (Å²) >= 11 is 0. The van der Waals surface area contributed by atoms with Crippen LogP contribution in [-0.4, -0.2) is 18.5 Å². The van der Waals surface area contributed by atoms with Gasteiger partial charge in [0.05, 0.1) is 6.67 Å². The van der Waals surface area contributed by atoms with Gasteiger partial charge in [-0.15, -0.1) is 0 Å². The number of amides is 2. The molecule has 2 N–H and O–H groups in total. The van der Waals surface area contributed by atoms with Gasteiger partial charge >= 0.3 is 0 Å². The minimum atomic E-state index is -0.215. The summed E-state index contributed by atoms with van der Waals surface area (Å²) < 4.78 is 0. The maximum Gasteiger partial charge on any atom is 0.247 e. The van der Waals surface area contributed by atoms with Crippen LogP contribution in [0, 0.1) is 0 Å². The molecular weight excluding hydrogens is 216 g/mol. The zero-order valence-corrected chi connectivity index (χ0v) is 10.8. The first-order chi connectivity index (χ1) is 8.02. The molecule has 0 saturated heterocycles. The van der Waals surface area contributed by atoms with Gasteiger partial charge in [0, 0.05) is 11.1 Å². The lowest BCUT2D eigenvalue weighted by Crippen LogP contribution is -2.38. The summed E-state index contributed by atoms with van der Waals surface area (Å²) in [5, 5.41) is 5.17. The van der Waals surface area contributed by atoms with E-state index in [0.717, 1.165) is 12.8 Å². The van der Waals surface area contributed by atoms with Crippen molar-refractivity contribution in [2.75, 3.05) is 6.67 Å². The van der Waals surface area contributed by atoms with Gasteiger partial charge in [-0.2, -0.15) is 0 Å². The molecule has 0 aromatic heterocycles. The molecule has 17 heavy (non-hydrogen) atoms. The predicted octanol–water partition coefficient (Wildman–Crippen LogP) is 1.89. The van der Waals surface area contributed by atoms with Crippen LogP contribution >= 0.6 is 0 Å². The Kier molecular flexibility index (Phi) is 7.76. The molecule has 96 valence electrons. The van der Waals surface area contributed by atoms with Gasteiger partial charge in [-0.25, -0.2) is 0 Å². The van der Waals surface area contributed by atoms with Crippen molar-refractivity contribution in [1.82, 2.24) is 10.6 Å². The Morgan fingerprint density at radius 1 is 0.882 bits per heavy atom. The van der Waals surface area contributed by atoms with E-state index in [1.807, 2.05) is 13.8 Å². The Morgan fingerprint density at radius 3 is 1.53 bits per heavy atom. The molecule has 0 radical (unpaired) electrons. The normalized spacial score (nSPS) is 9.53. The van der Waals surface area contributed by atoms with E-state index >= 15 is 0 Å². The monoisotopic (exact) mass is 238 g/mol. The van der Waals surface area contributed by atoms with Gasteiger partial charge in [0.1, 0.15) is 0 Å². The molecule has 0 aliphatic rings. The molecule has 4 nitrogen and oxygen atoms in total. The highest BCUT2D eigenvalue weighted by atomic mass is 16.2. The van der Waals surface area contributed by atoms with Crippen LogP contribution in [0.2, 0.25) is 0 Å². The molecule has 4 heteroatoms. The van der Waals surface area contributed by atoms with Gasteiger partial charge in [0.25, 0.3) is 0 Å². The van der Waals surface area contributed by atoms with E-state index < -0.39 is 0 Å². The highest BCUT2D eigenvalue weighted by Crippen LogP contribution is 2.01. The Morgan fingerprint density at radius 2 is 1.24 bits per heavy atom. The Labute approximate surface area is 103 Å². The molecule has 0 fully saturated rings. The summed E-state index contributed by atoms with van der Waals surface area (Å²) in [7, 11) is 0. The second kappa shape index (κ2) is 8.56. The topological polar surface area (TPSA) is 58.2 Å². The summed E-state index contributed by atoms with van der Waals surface area (Å²) in [4.78, 5) is 22.9. The standard InChI is InChI=1S/C13H22N2O2/c1-5-7-10(3)12(16)14-9-15-13(17)11(4)8-6-2/h3-9H2,1-2H3,(H,14,16)(H,15,17). The van der Waals surface area contributed by atoms with Crippen LogP contribution < -0.4 is 10.6 Å². The molecule has 0 rings (SSSR count). The minimum Gasteiger partial charge on any atom is -0.335 e. The molecule has 0 bridgehead atoms. The largest absolute Gasteiger partial charge is 0.335 e. The van der Waals surface area contributed by atoms with Gasteiger partial charge < -0.3 is 10.6 Å². The third-order valence-corrected chi connectivity index (χ3v) is 2.24. The molecule has 0 unspecified atom stereocenters. The first-order valence-corrected chi connectivity index (χ1v) is 5.94. The molecule has 0 aliphatic heterocycles. The van der Waals surface area contributed by atoms with Crippen LogP contribution in [0.25, 0.3) is 0 Å². The van der Waals surface area contributed by atoms with Crippen LogP contribution in [-0.2, 0) is 9.59 Å². The third-order valence-electron chi connectivity index (χ3n) is 2.24. The summed E-state index contributed by atoms with van der Waals surface area (Å²) in [6.45, 7) is 11.4.